The summed E-state index contributed by atoms with van der Waals surface area (Å²) in [6.07, 6.45) is 7.64. The molecule has 0 unspecified atom stereocenters. The molecule has 6 nitrogen and oxygen atoms in total. The van der Waals surface area contributed by atoms with Gasteiger partial charge >= 0.3 is 0 Å². The molecule has 160 valence electrons. The molecule has 0 spiro atoms. The first-order valence-electron chi connectivity index (χ1n) is 10.9. The smallest absolute Gasteiger partial charge is 0.191 e. The Labute approximate surface area is 179 Å². The minimum atomic E-state index is 0.408. The fraction of sp³-hybridized carbons (Fsp3) is 0.682. The Kier molecular flexibility index (Phi) is 7.70. The molecule has 7 heteroatoms. The molecule has 0 radical (unpaired) electrons. The predicted molar refractivity (Wildman–Crippen MR) is 121 cm³/mol. The monoisotopic (exact) mass is 416 g/mol. The zero-order valence-corrected chi connectivity index (χ0v) is 19.2. The van der Waals surface area contributed by atoms with Crippen molar-refractivity contribution in [3.8, 4) is 0 Å². The van der Waals surface area contributed by atoms with Crippen molar-refractivity contribution in [1.82, 2.24) is 25.4 Å². The van der Waals surface area contributed by atoms with E-state index in [1.807, 2.05) is 29.9 Å². The molecule has 1 aliphatic rings. The van der Waals surface area contributed by atoms with Gasteiger partial charge in [0.1, 0.15) is 12.4 Å². The number of nitrogens with one attached hydrogen (secondary N) is 2. The lowest BCUT2D eigenvalue weighted by Crippen LogP contribution is -2.44. The van der Waals surface area contributed by atoms with E-state index in [0.717, 1.165) is 43.0 Å². The van der Waals surface area contributed by atoms with Gasteiger partial charge in [0.2, 0.25) is 0 Å². The zero-order valence-electron chi connectivity index (χ0n) is 18.4. The first-order chi connectivity index (χ1) is 14.0. The average Bonchev–Trinajstić information content (AvgIpc) is 3.42. The quantitative estimate of drug-likeness (QED) is 0.478. The molecule has 0 aromatic carbocycles. The Morgan fingerprint density at radius 2 is 2.07 bits per heavy atom. The summed E-state index contributed by atoms with van der Waals surface area (Å²) < 4.78 is 2.00. The maximum absolute atomic E-state index is 4.83. The normalized spacial score (nSPS) is 16.5. The number of nitrogens with zero attached hydrogens (tertiary/aromatic N) is 4. The molecule has 2 heterocycles. The highest BCUT2D eigenvalue weighted by atomic mass is 32.1. The molecule has 0 atom stereocenters. The molecule has 0 saturated heterocycles. The van der Waals surface area contributed by atoms with Gasteiger partial charge in [0.15, 0.2) is 11.8 Å². The lowest BCUT2D eigenvalue weighted by molar-refractivity contribution is 0.234. The van der Waals surface area contributed by atoms with Crippen molar-refractivity contribution < 1.29 is 0 Å². The Morgan fingerprint density at radius 1 is 1.28 bits per heavy atom. The van der Waals surface area contributed by atoms with Crippen molar-refractivity contribution in [3.05, 3.63) is 34.0 Å². The van der Waals surface area contributed by atoms with Gasteiger partial charge in [0, 0.05) is 25.0 Å². The van der Waals surface area contributed by atoms with Crippen LogP contribution in [0.25, 0.3) is 0 Å². The van der Waals surface area contributed by atoms with Crippen molar-refractivity contribution in [3.63, 3.8) is 0 Å². The average molecular weight is 417 g/mol. The largest absolute Gasteiger partial charge is 0.356 e. The molecule has 2 N–H and O–H groups in total. The summed E-state index contributed by atoms with van der Waals surface area (Å²) in [6, 6.07) is 4.30. The van der Waals surface area contributed by atoms with Crippen LogP contribution < -0.4 is 10.6 Å². The highest BCUT2D eigenvalue weighted by Crippen LogP contribution is 2.42. The standard InChI is InChI=1S/C22H36N6S/c1-17(2)14-22(10-5-6-11-22)16-25-21(23-12-9-19-8-7-13-29-19)24-15-20-27-26-18(3)28(20)4/h7-8,13,17H,5-6,9-12,14-16H2,1-4H3,(H2,23,24,25). The van der Waals surface area contributed by atoms with E-state index in [4.69, 9.17) is 4.99 Å². The summed E-state index contributed by atoms with van der Waals surface area (Å²) in [5.41, 5.74) is 0.408. The van der Waals surface area contributed by atoms with E-state index in [2.05, 4.69) is 52.2 Å². The van der Waals surface area contributed by atoms with E-state index in [-0.39, 0.29) is 0 Å². The van der Waals surface area contributed by atoms with Crippen LogP contribution in [0.3, 0.4) is 0 Å². The fourth-order valence-corrected chi connectivity index (χ4v) is 5.10. The van der Waals surface area contributed by atoms with Gasteiger partial charge in [-0.05, 0) is 55.4 Å². The van der Waals surface area contributed by atoms with Crippen LogP contribution in [0.1, 0.15) is 62.5 Å². The summed E-state index contributed by atoms with van der Waals surface area (Å²) in [7, 11) is 1.99. The van der Waals surface area contributed by atoms with Gasteiger partial charge in [0.25, 0.3) is 0 Å². The Balaban J connectivity index is 1.63. The highest BCUT2D eigenvalue weighted by molar-refractivity contribution is 7.09. The Hall–Kier alpha value is -1.89. The number of thiophene rings is 1. The lowest BCUT2D eigenvalue weighted by atomic mass is 9.78. The minimum absolute atomic E-state index is 0.408. The van der Waals surface area contributed by atoms with Crippen LogP contribution in [0, 0.1) is 18.3 Å². The molecule has 2 aromatic heterocycles. The molecule has 0 aliphatic heterocycles. The van der Waals surface area contributed by atoms with Crippen LogP contribution in [0.15, 0.2) is 22.5 Å². The molecule has 1 fully saturated rings. The number of hydrogen-bond donors (Lipinski definition) is 2. The van der Waals surface area contributed by atoms with E-state index < -0.39 is 0 Å². The number of guanidine groups is 1. The second-order valence-electron chi connectivity index (χ2n) is 8.80. The predicted octanol–water partition coefficient (Wildman–Crippen LogP) is 4.07. The Morgan fingerprint density at radius 3 is 2.69 bits per heavy atom. The summed E-state index contributed by atoms with van der Waals surface area (Å²) in [4.78, 5) is 6.23. The third kappa shape index (κ3) is 6.29. The number of aromatic nitrogens is 3. The van der Waals surface area contributed by atoms with Crippen LogP contribution in [-0.2, 0) is 20.0 Å². The van der Waals surface area contributed by atoms with E-state index in [1.165, 1.54) is 37.0 Å². The second kappa shape index (κ2) is 10.2. The Bertz CT molecular complexity index is 771. The number of aliphatic imine (C=N–C) groups is 1. The van der Waals surface area contributed by atoms with Gasteiger partial charge in [-0.15, -0.1) is 21.5 Å². The van der Waals surface area contributed by atoms with Crippen molar-refractivity contribution in [2.75, 3.05) is 13.1 Å². The molecule has 29 heavy (non-hydrogen) atoms. The number of hydrogen-bond acceptors (Lipinski definition) is 4. The van der Waals surface area contributed by atoms with Crippen LogP contribution in [0.2, 0.25) is 0 Å². The van der Waals surface area contributed by atoms with Gasteiger partial charge in [-0.2, -0.15) is 0 Å². The van der Waals surface area contributed by atoms with Crippen LogP contribution in [0.5, 0.6) is 0 Å². The zero-order chi connectivity index (χ0) is 20.7. The summed E-state index contributed by atoms with van der Waals surface area (Å²) in [5, 5.41) is 17.7. The fourth-order valence-electron chi connectivity index (χ4n) is 4.39. The SMILES string of the molecule is Cc1nnc(CN=C(NCCc2cccs2)NCC2(CC(C)C)CCCC2)n1C. The van der Waals surface area contributed by atoms with Gasteiger partial charge in [-0.3, -0.25) is 0 Å². The van der Waals surface area contributed by atoms with Crippen LogP contribution in [-0.4, -0.2) is 33.8 Å². The van der Waals surface area contributed by atoms with Gasteiger partial charge < -0.3 is 15.2 Å². The maximum Gasteiger partial charge on any atom is 0.191 e. The molecule has 0 amide bonds. The first-order valence-corrected chi connectivity index (χ1v) is 11.7. The van der Waals surface area contributed by atoms with Crippen molar-refractivity contribution in [1.29, 1.82) is 0 Å². The second-order valence-corrected chi connectivity index (χ2v) is 9.83. The van der Waals surface area contributed by atoms with E-state index >= 15 is 0 Å². The maximum atomic E-state index is 4.83. The molecule has 1 aliphatic carbocycles. The van der Waals surface area contributed by atoms with E-state index in [0.29, 0.717) is 12.0 Å². The number of rotatable bonds is 9. The number of aryl methyl sites for hydroxylation is 1. The van der Waals surface area contributed by atoms with Crippen molar-refractivity contribution >= 4 is 17.3 Å². The van der Waals surface area contributed by atoms with Crippen molar-refractivity contribution in [2.45, 2.75) is 65.8 Å². The first kappa shape index (κ1) is 21.8. The van der Waals surface area contributed by atoms with Gasteiger partial charge in [-0.1, -0.05) is 32.8 Å². The highest BCUT2D eigenvalue weighted by Gasteiger charge is 2.34. The molecule has 3 rings (SSSR count). The molecule has 0 bridgehead atoms. The summed E-state index contributed by atoms with van der Waals surface area (Å²) >= 11 is 1.81. The minimum Gasteiger partial charge on any atom is -0.356 e. The molecular formula is C22H36N6S. The third-order valence-electron chi connectivity index (χ3n) is 5.94. The molecule has 1 saturated carbocycles. The van der Waals surface area contributed by atoms with Crippen LogP contribution >= 0.6 is 11.3 Å². The van der Waals surface area contributed by atoms with Gasteiger partial charge in [0.05, 0.1) is 0 Å². The third-order valence-corrected chi connectivity index (χ3v) is 6.88. The topological polar surface area (TPSA) is 67.1 Å². The molecular weight excluding hydrogens is 380 g/mol. The summed E-state index contributed by atoms with van der Waals surface area (Å²) in [6.45, 7) is 9.04. The van der Waals surface area contributed by atoms with E-state index in [9.17, 15) is 0 Å². The lowest BCUT2D eigenvalue weighted by Gasteiger charge is -2.32. The van der Waals surface area contributed by atoms with Crippen molar-refractivity contribution in [2.24, 2.45) is 23.4 Å². The van der Waals surface area contributed by atoms with Gasteiger partial charge in [-0.25, -0.2) is 4.99 Å². The van der Waals surface area contributed by atoms with E-state index in [1.54, 1.807) is 0 Å². The molecule has 2 aromatic rings. The summed E-state index contributed by atoms with van der Waals surface area (Å²) in [5.74, 6) is 3.41. The van der Waals surface area contributed by atoms with Crippen LogP contribution in [0.4, 0.5) is 0 Å².